The standard InChI is InChI=1S/C18H26O5Si/c1-18(2,3)24(4,5)23-17(13-9-16(19)20-10-13)12-6-7-14-15(8-12)22-11-21-14/h6-8,13,17H,9-11H2,1-5H3/t13-,17-/m1/s1. The van der Waals surface area contributed by atoms with Crippen molar-refractivity contribution >= 4 is 14.3 Å². The Labute approximate surface area is 144 Å². The molecular formula is C18H26O5Si. The maximum absolute atomic E-state index is 11.6. The minimum absolute atomic E-state index is 0.0343. The number of carbonyl (C=O) groups excluding carboxylic acids is 1. The van der Waals surface area contributed by atoms with E-state index >= 15 is 0 Å². The summed E-state index contributed by atoms with van der Waals surface area (Å²) in [6, 6.07) is 5.90. The molecule has 3 rings (SSSR count). The molecule has 0 radical (unpaired) electrons. The molecule has 0 spiro atoms. The SMILES string of the molecule is CC(C)(C)[Si](C)(C)O[C@H](c1ccc2c(c1)OCO2)[C@H]1COC(=O)C1. The van der Waals surface area contributed by atoms with Crippen molar-refractivity contribution in [2.75, 3.05) is 13.4 Å². The van der Waals surface area contributed by atoms with Gasteiger partial charge in [-0.3, -0.25) is 4.79 Å². The zero-order valence-electron chi connectivity index (χ0n) is 15.0. The van der Waals surface area contributed by atoms with Gasteiger partial charge in [-0.2, -0.15) is 0 Å². The van der Waals surface area contributed by atoms with Crippen molar-refractivity contribution in [2.45, 2.75) is 51.4 Å². The van der Waals surface area contributed by atoms with Crippen LogP contribution in [0.4, 0.5) is 0 Å². The average molecular weight is 350 g/mol. The second-order valence-corrected chi connectivity index (χ2v) is 12.8. The van der Waals surface area contributed by atoms with Crippen LogP contribution in [0.25, 0.3) is 0 Å². The number of cyclic esters (lactones) is 1. The second-order valence-electron chi connectivity index (χ2n) is 8.06. The third kappa shape index (κ3) is 3.30. The van der Waals surface area contributed by atoms with Crippen LogP contribution in [0.1, 0.15) is 38.9 Å². The van der Waals surface area contributed by atoms with Crippen LogP contribution in [0.3, 0.4) is 0 Å². The molecule has 2 heterocycles. The minimum Gasteiger partial charge on any atom is -0.465 e. The van der Waals surface area contributed by atoms with E-state index in [1.807, 2.05) is 18.2 Å². The summed E-state index contributed by atoms with van der Waals surface area (Å²) in [5.41, 5.74) is 1.02. The Hall–Kier alpha value is -1.53. The van der Waals surface area contributed by atoms with Crippen molar-refractivity contribution < 1.29 is 23.4 Å². The molecule has 0 aromatic heterocycles. The first-order chi connectivity index (χ1) is 11.2. The quantitative estimate of drug-likeness (QED) is 0.606. The molecule has 24 heavy (non-hydrogen) atoms. The molecule has 1 saturated heterocycles. The Morgan fingerprint density at radius 1 is 1.17 bits per heavy atom. The van der Waals surface area contributed by atoms with E-state index in [1.165, 1.54) is 0 Å². The Bertz CT molecular complexity index is 635. The number of fused-ring (bicyclic) bond motifs is 1. The van der Waals surface area contributed by atoms with Crippen LogP contribution < -0.4 is 9.47 Å². The van der Waals surface area contributed by atoms with Gasteiger partial charge in [-0.05, 0) is 35.8 Å². The third-order valence-corrected chi connectivity index (χ3v) is 9.72. The third-order valence-electron chi connectivity index (χ3n) is 5.27. The lowest BCUT2D eigenvalue weighted by atomic mass is 9.95. The highest BCUT2D eigenvalue weighted by molar-refractivity contribution is 6.74. The molecule has 1 aromatic carbocycles. The van der Waals surface area contributed by atoms with E-state index in [0.29, 0.717) is 13.0 Å². The van der Waals surface area contributed by atoms with Crippen molar-refractivity contribution in [1.29, 1.82) is 0 Å². The predicted octanol–water partition coefficient (Wildman–Crippen LogP) is 4.04. The van der Waals surface area contributed by atoms with E-state index in [0.717, 1.165) is 17.1 Å². The summed E-state index contributed by atoms with van der Waals surface area (Å²) in [5.74, 6) is 1.38. The summed E-state index contributed by atoms with van der Waals surface area (Å²) < 4.78 is 22.8. The van der Waals surface area contributed by atoms with Crippen LogP contribution in [0, 0.1) is 5.92 Å². The fourth-order valence-corrected chi connectivity index (χ4v) is 4.06. The highest BCUT2D eigenvalue weighted by atomic mass is 28.4. The highest BCUT2D eigenvalue weighted by Crippen LogP contribution is 2.45. The molecule has 0 aliphatic carbocycles. The molecule has 2 aliphatic rings. The Morgan fingerprint density at radius 3 is 2.50 bits per heavy atom. The number of carbonyl (C=O) groups is 1. The topological polar surface area (TPSA) is 54.0 Å². The number of hydrogen-bond donors (Lipinski definition) is 0. The van der Waals surface area contributed by atoms with Crippen molar-refractivity contribution in [1.82, 2.24) is 0 Å². The largest absolute Gasteiger partial charge is 0.465 e. The summed E-state index contributed by atoms with van der Waals surface area (Å²) in [4.78, 5) is 11.6. The van der Waals surface area contributed by atoms with Gasteiger partial charge in [0.05, 0.1) is 19.1 Å². The molecule has 0 bridgehead atoms. The summed E-state index contributed by atoms with van der Waals surface area (Å²) in [5, 5.41) is 0.0884. The van der Waals surface area contributed by atoms with Gasteiger partial charge in [0.1, 0.15) is 0 Å². The molecule has 2 atom stereocenters. The average Bonchev–Trinajstić information content (AvgIpc) is 3.11. The molecule has 6 heteroatoms. The van der Waals surface area contributed by atoms with E-state index in [-0.39, 0.29) is 29.8 Å². The zero-order chi connectivity index (χ0) is 17.5. The van der Waals surface area contributed by atoms with E-state index in [2.05, 4.69) is 33.9 Å². The van der Waals surface area contributed by atoms with Crippen LogP contribution in [-0.4, -0.2) is 27.7 Å². The number of ether oxygens (including phenoxy) is 3. The molecule has 0 N–H and O–H groups in total. The van der Waals surface area contributed by atoms with E-state index in [9.17, 15) is 4.79 Å². The first-order valence-corrected chi connectivity index (χ1v) is 11.3. The monoisotopic (exact) mass is 350 g/mol. The fourth-order valence-electron chi connectivity index (χ4n) is 2.75. The maximum atomic E-state index is 11.6. The van der Waals surface area contributed by atoms with Gasteiger partial charge in [-0.25, -0.2) is 0 Å². The van der Waals surface area contributed by atoms with E-state index < -0.39 is 8.32 Å². The van der Waals surface area contributed by atoms with Crippen molar-refractivity contribution in [3.8, 4) is 11.5 Å². The van der Waals surface area contributed by atoms with Gasteiger partial charge in [0.2, 0.25) is 6.79 Å². The number of hydrogen-bond acceptors (Lipinski definition) is 5. The van der Waals surface area contributed by atoms with E-state index in [1.54, 1.807) is 0 Å². The van der Waals surface area contributed by atoms with Crippen LogP contribution in [-0.2, 0) is 14.0 Å². The maximum Gasteiger partial charge on any atom is 0.306 e. The Morgan fingerprint density at radius 2 is 1.88 bits per heavy atom. The molecule has 0 amide bonds. The van der Waals surface area contributed by atoms with Gasteiger partial charge < -0.3 is 18.6 Å². The predicted molar refractivity (Wildman–Crippen MR) is 92.7 cm³/mol. The lowest BCUT2D eigenvalue weighted by Crippen LogP contribution is -2.43. The van der Waals surface area contributed by atoms with Crippen LogP contribution in [0.2, 0.25) is 18.1 Å². The lowest BCUT2D eigenvalue weighted by molar-refractivity contribution is -0.137. The fraction of sp³-hybridized carbons (Fsp3) is 0.611. The van der Waals surface area contributed by atoms with E-state index in [4.69, 9.17) is 18.6 Å². The van der Waals surface area contributed by atoms with Crippen LogP contribution >= 0.6 is 0 Å². The molecular weight excluding hydrogens is 324 g/mol. The van der Waals surface area contributed by atoms with Crippen LogP contribution in [0.15, 0.2) is 18.2 Å². The van der Waals surface area contributed by atoms with Gasteiger partial charge in [-0.15, -0.1) is 0 Å². The summed E-state index contributed by atoms with van der Waals surface area (Å²) in [6.45, 7) is 11.8. The summed E-state index contributed by atoms with van der Waals surface area (Å²) in [7, 11) is -2.00. The van der Waals surface area contributed by atoms with Gasteiger partial charge >= 0.3 is 5.97 Å². The molecule has 1 fully saturated rings. The van der Waals surface area contributed by atoms with Crippen molar-refractivity contribution in [3.63, 3.8) is 0 Å². The summed E-state index contributed by atoms with van der Waals surface area (Å²) in [6.07, 6.45) is 0.222. The first-order valence-electron chi connectivity index (χ1n) is 8.40. The normalized spacial score (nSPS) is 21.7. The first kappa shape index (κ1) is 17.3. The van der Waals surface area contributed by atoms with Crippen molar-refractivity contribution in [3.05, 3.63) is 23.8 Å². The van der Waals surface area contributed by atoms with Gasteiger partial charge in [0.25, 0.3) is 0 Å². The molecule has 0 unspecified atom stereocenters. The van der Waals surface area contributed by atoms with Gasteiger partial charge in [0.15, 0.2) is 19.8 Å². The number of benzene rings is 1. The van der Waals surface area contributed by atoms with Gasteiger partial charge in [-0.1, -0.05) is 26.8 Å². The lowest BCUT2D eigenvalue weighted by Gasteiger charge is -2.40. The molecule has 1 aromatic rings. The van der Waals surface area contributed by atoms with Gasteiger partial charge in [0, 0.05) is 5.92 Å². The van der Waals surface area contributed by atoms with Crippen LogP contribution in [0.5, 0.6) is 11.5 Å². The Balaban J connectivity index is 1.92. The molecule has 0 saturated carbocycles. The molecule has 132 valence electrons. The number of rotatable bonds is 4. The highest BCUT2D eigenvalue weighted by Gasteiger charge is 2.43. The molecule has 5 nitrogen and oxygen atoms in total. The Kier molecular flexibility index (Phi) is 4.38. The smallest absolute Gasteiger partial charge is 0.306 e. The minimum atomic E-state index is -2.00. The summed E-state index contributed by atoms with van der Waals surface area (Å²) >= 11 is 0. The number of esters is 1. The zero-order valence-corrected chi connectivity index (χ0v) is 16.0. The second kappa shape index (κ2) is 6.08. The molecule has 2 aliphatic heterocycles. The van der Waals surface area contributed by atoms with Crippen molar-refractivity contribution in [2.24, 2.45) is 5.92 Å².